The molecule has 0 aliphatic carbocycles. The lowest BCUT2D eigenvalue weighted by molar-refractivity contribution is -0.384. The van der Waals surface area contributed by atoms with Gasteiger partial charge in [-0.3, -0.25) is 14.9 Å². The van der Waals surface area contributed by atoms with Crippen LogP contribution in [0.1, 0.15) is 12.0 Å². The molecule has 5 nitrogen and oxygen atoms in total. The summed E-state index contributed by atoms with van der Waals surface area (Å²) >= 11 is 0. The van der Waals surface area contributed by atoms with Crippen molar-refractivity contribution in [1.82, 2.24) is 0 Å². The number of non-ortho nitro benzene ring substituents is 1. The average molecular weight is 222 g/mol. The van der Waals surface area contributed by atoms with Crippen LogP contribution in [-0.2, 0) is 4.79 Å². The normalized spacial score (nSPS) is 9.06. The van der Waals surface area contributed by atoms with E-state index < -0.39 is 16.6 Å². The summed E-state index contributed by atoms with van der Waals surface area (Å²) in [6, 6.07) is 2.99. The minimum atomic E-state index is -0.678. The summed E-state index contributed by atoms with van der Waals surface area (Å²) in [5.74, 6) is 3.31. The molecule has 16 heavy (non-hydrogen) atoms. The van der Waals surface area contributed by atoms with E-state index in [1.807, 2.05) is 0 Å². The molecule has 2 N–H and O–H groups in total. The maximum atomic E-state index is 13.1. The van der Waals surface area contributed by atoms with Gasteiger partial charge >= 0.3 is 0 Å². The summed E-state index contributed by atoms with van der Waals surface area (Å²) in [6.07, 6.45) is -0.220. The number of nitro benzene ring substituents is 1. The van der Waals surface area contributed by atoms with Gasteiger partial charge in [-0.1, -0.05) is 11.8 Å². The molecule has 0 aromatic heterocycles. The van der Waals surface area contributed by atoms with E-state index in [0.29, 0.717) is 0 Å². The fourth-order valence-electron chi connectivity index (χ4n) is 0.949. The van der Waals surface area contributed by atoms with E-state index in [1.165, 1.54) is 0 Å². The Morgan fingerprint density at radius 2 is 2.25 bits per heavy atom. The highest BCUT2D eigenvalue weighted by Crippen LogP contribution is 2.15. The van der Waals surface area contributed by atoms with Crippen molar-refractivity contribution < 1.29 is 14.1 Å². The highest BCUT2D eigenvalue weighted by Gasteiger charge is 2.08. The van der Waals surface area contributed by atoms with E-state index in [-0.39, 0.29) is 17.7 Å². The fourth-order valence-corrected chi connectivity index (χ4v) is 0.949. The summed E-state index contributed by atoms with van der Waals surface area (Å²) in [5.41, 5.74) is 4.44. The number of nitrogens with two attached hydrogens (primary N) is 1. The molecule has 1 aromatic carbocycles. The SMILES string of the molecule is NC(=O)CC#Cc1cc([N+](=O)[O-])ccc1F. The molecule has 0 aliphatic rings. The number of nitro groups is 1. The molecule has 0 aliphatic heterocycles. The van der Waals surface area contributed by atoms with E-state index in [4.69, 9.17) is 5.73 Å². The van der Waals surface area contributed by atoms with E-state index in [9.17, 15) is 19.3 Å². The maximum absolute atomic E-state index is 13.1. The smallest absolute Gasteiger partial charge is 0.270 e. The van der Waals surface area contributed by atoms with E-state index in [2.05, 4.69) is 11.8 Å². The molecule has 82 valence electrons. The number of carbonyl (C=O) groups is 1. The third-order valence-corrected chi connectivity index (χ3v) is 1.65. The largest absolute Gasteiger partial charge is 0.369 e. The zero-order chi connectivity index (χ0) is 12.1. The van der Waals surface area contributed by atoms with Crippen molar-refractivity contribution in [3.63, 3.8) is 0 Å². The van der Waals surface area contributed by atoms with Gasteiger partial charge in [0, 0.05) is 12.1 Å². The van der Waals surface area contributed by atoms with Gasteiger partial charge in [0.05, 0.1) is 16.9 Å². The van der Waals surface area contributed by atoms with E-state index in [1.54, 1.807) is 0 Å². The van der Waals surface area contributed by atoms with Crippen molar-refractivity contribution in [2.24, 2.45) is 5.73 Å². The van der Waals surface area contributed by atoms with Gasteiger partial charge in [0.25, 0.3) is 5.69 Å². The van der Waals surface area contributed by atoms with Crippen LogP contribution in [0.15, 0.2) is 18.2 Å². The lowest BCUT2D eigenvalue weighted by atomic mass is 10.2. The van der Waals surface area contributed by atoms with Crippen LogP contribution in [0, 0.1) is 27.8 Å². The second-order valence-corrected chi connectivity index (χ2v) is 2.87. The van der Waals surface area contributed by atoms with Gasteiger partial charge in [-0.2, -0.15) is 0 Å². The number of rotatable bonds is 2. The Bertz CT molecular complexity index is 503. The number of amides is 1. The fraction of sp³-hybridized carbons (Fsp3) is 0.100. The first-order valence-electron chi connectivity index (χ1n) is 4.22. The molecule has 0 radical (unpaired) electrons. The summed E-state index contributed by atoms with van der Waals surface area (Å²) in [5, 5.41) is 10.4. The Morgan fingerprint density at radius 3 is 2.81 bits per heavy atom. The van der Waals surface area contributed by atoms with Crippen molar-refractivity contribution in [3.8, 4) is 11.8 Å². The Labute approximate surface area is 90.2 Å². The molecule has 0 fully saturated rings. The number of hydrogen-bond donors (Lipinski definition) is 1. The molecule has 0 saturated carbocycles. The number of benzene rings is 1. The lowest BCUT2D eigenvalue weighted by Crippen LogP contribution is -2.08. The van der Waals surface area contributed by atoms with Crippen LogP contribution in [0.3, 0.4) is 0 Å². The summed E-state index contributed by atoms with van der Waals surface area (Å²) < 4.78 is 13.1. The van der Waals surface area contributed by atoms with Gasteiger partial charge in [0.2, 0.25) is 5.91 Å². The van der Waals surface area contributed by atoms with Gasteiger partial charge in [0.1, 0.15) is 5.82 Å². The number of hydrogen-bond acceptors (Lipinski definition) is 3. The number of halogens is 1. The van der Waals surface area contributed by atoms with Crippen LogP contribution in [0.2, 0.25) is 0 Å². The van der Waals surface area contributed by atoms with Gasteiger partial charge in [-0.25, -0.2) is 4.39 Å². The summed E-state index contributed by atoms with van der Waals surface area (Å²) in [7, 11) is 0. The Balaban J connectivity index is 3.01. The van der Waals surface area contributed by atoms with Gasteiger partial charge in [0.15, 0.2) is 0 Å². The molecule has 1 aromatic rings. The molecule has 0 spiro atoms. The van der Waals surface area contributed by atoms with Crippen LogP contribution in [-0.4, -0.2) is 10.8 Å². The maximum Gasteiger partial charge on any atom is 0.270 e. The lowest BCUT2D eigenvalue weighted by Gasteiger charge is -1.94. The highest BCUT2D eigenvalue weighted by atomic mass is 19.1. The Hall–Kier alpha value is -2.42. The monoisotopic (exact) mass is 222 g/mol. The molecule has 0 bridgehead atoms. The third-order valence-electron chi connectivity index (χ3n) is 1.65. The average Bonchev–Trinajstić information content (AvgIpc) is 2.20. The molecule has 0 unspecified atom stereocenters. The predicted octanol–water partition coefficient (Wildman–Crippen LogP) is 0.961. The zero-order valence-corrected chi connectivity index (χ0v) is 8.07. The Morgan fingerprint density at radius 1 is 1.56 bits per heavy atom. The molecule has 0 heterocycles. The summed E-state index contributed by atoms with van der Waals surface area (Å²) in [4.78, 5) is 20.1. The standard InChI is InChI=1S/C10H7FN2O3/c11-9-5-4-8(13(15)16)6-7(9)2-1-3-10(12)14/h4-6H,3H2,(H2,12,14). The minimum absolute atomic E-state index is 0.129. The van der Waals surface area contributed by atoms with Crippen molar-refractivity contribution in [3.05, 3.63) is 39.7 Å². The van der Waals surface area contributed by atoms with Crippen LogP contribution in [0.25, 0.3) is 0 Å². The van der Waals surface area contributed by atoms with E-state index >= 15 is 0 Å². The van der Waals surface area contributed by atoms with Crippen LogP contribution in [0.4, 0.5) is 10.1 Å². The summed E-state index contributed by atoms with van der Waals surface area (Å²) in [6.45, 7) is 0. The first-order chi connectivity index (χ1) is 7.50. The molecular weight excluding hydrogens is 215 g/mol. The predicted molar refractivity (Wildman–Crippen MR) is 53.7 cm³/mol. The molecule has 0 saturated heterocycles. The van der Waals surface area contributed by atoms with Crippen LogP contribution >= 0.6 is 0 Å². The van der Waals surface area contributed by atoms with Crippen molar-refractivity contribution in [2.75, 3.05) is 0 Å². The van der Waals surface area contributed by atoms with Crippen LogP contribution < -0.4 is 5.73 Å². The topological polar surface area (TPSA) is 86.2 Å². The number of nitrogens with zero attached hydrogens (tertiary/aromatic N) is 1. The molecular formula is C10H7FN2O3. The van der Waals surface area contributed by atoms with Gasteiger partial charge in [-0.15, -0.1) is 0 Å². The van der Waals surface area contributed by atoms with Gasteiger partial charge < -0.3 is 5.73 Å². The Kier molecular flexibility index (Phi) is 3.56. The van der Waals surface area contributed by atoms with Crippen molar-refractivity contribution in [1.29, 1.82) is 0 Å². The quantitative estimate of drug-likeness (QED) is 0.459. The molecule has 6 heteroatoms. The first kappa shape index (κ1) is 11.7. The third kappa shape index (κ3) is 3.06. The van der Waals surface area contributed by atoms with E-state index in [0.717, 1.165) is 18.2 Å². The molecule has 0 atom stereocenters. The molecule has 1 amide bonds. The molecule has 1 rings (SSSR count). The first-order valence-corrected chi connectivity index (χ1v) is 4.22. The zero-order valence-electron chi connectivity index (χ0n) is 8.07. The number of primary amides is 1. The second-order valence-electron chi connectivity index (χ2n) is 2.87. The minimum Gasteiger partial charge on any atom is -0.369 e. The van der Waals surface area contributed by atoms with Gasteiger partial charge in [-0.05, 0) is 6.07 Å². The second kappa shape index (κ2) is 4.89. The highest BCUT2D eigenvalue weighted by molar-refractivity contribution is 5.76. The van der Waals surface area contributed by atoms with Crippen molar-refractivity contribution >= 4 is 11.6 Å². The number of carbonyl (C=O) groups excluding carboxylic acids is 1. The van der Waals surface area contributed by atoms with Crippen LogP contribution in [0.5, 0.6) is 0 Å². The van der Waals surface area contributed by atoms with Crippen molar-refractivity contribution in [2.45, 2.75) is 6.42 Å².